The number of fused-ring (bicyclic) bond motifs is 1. The van der Waals surface area contributed by atoms with E-state index in [-0.39, 0.29) is 5.69 Å². The summed E-state index contributed by atoms with van der Waals surface area (Å²) in [6.45, 7) is 0. The number of ether oxygens (including phenoxy) is 1. The first-order valence-corrected chi connectivity index (χ1v) is 9.78. The Bertz CT molecular complexity index is 1280. The number of anilines is 1. The van der Waals surface area contributed by atoms with Crippen molar-refractivity contribution in [1.29, 1.82) is 0 Å². The lowest BCUT2D eigenvalue weighted by atomic mass is 9.99. The maximum atomic E-state index is 13.7. The van der Waals surface area contributed by atoms with Gasteiger partial charge in [-0.3, -0.25) is 15.0 Å². The number of carbonyl (C=O) groups excluding carboxylic acids is 1. The summed E-state index contributed by atoms with van der Waals surface area (Å²) in [5.74, 6) is 0.595. The quantitative estimate of drug-likeness (QED) is 0.446. The van der Waals surface area contributed by atoms with E-state index in [4.69, 9.17) is 4.74 Å². The number of nitrogens with zero attached hydrogens (tertiary/aromatic N) is 3. The number of hydrogen-bond acceptors (Lipinski definition) is 5. The molecule has 0 saturated carbocycles. The van der Waals surface area contributed by atoms with Crippen LogP contribution >= 0.6 is 0 Å². The second-order valence-corrected chi connectivity index (χ2v) is 7.03. The first kappa shape index (κ1) is 22.0. The fourth-order valence-electron chi connectivity index (χ4n) is 3.33. The van der Waals surface area contributed by atoms with Gasteiger partial charge in [0.1, 0.15) is 11.8 Å². The van der Waals surface area contributed by atoms with Crippen molar-refractivity contribution in [3.63, 3.8) is 0 Å². The predicted octanol–water partition coefficient (Wildman–Crippen LogP) is 4.96. The van der Waals surface area contributed by atoms with Crippen LogP contribution < -0.4 is 15.4 Å². The van der Waals surface area contributed by atoms with E-state index in [1.807, 2.05) is 0 Å². The molecule has 0 aliphatic heterocycles. The van der Waals surface area contributed by atoms with Gasteiger partial charge in [-0.15, -0.1) is 0 Å². The third kappa shape index (κ3) is 5.00. The van der Waals surface area contributed by atoms with Crippen molar-refractivity contribution in [2.24, 2.45) is 0 Å². The maximum Gasteiger partial charge on any atom is 0.418 e. The van der Waals surface area contributed by atoms with Gasteiger partial charge in [0.2, 0.25) is 0 Å². The highest BCUT2D eigenvalue weighted by Gasteiger charge is 2.37. The summed E-state index contributed by atoms with van der Waals surface area (Å²) >= 11 is 0. The van der Waals surface area contributed by atoms with Gasteiger partial charge in [-0.1, -0.05) is 0 Å². The van der Waals surface area contributed by atoms with E-state index >= 15 is 0 Å². The lowest BCUT2D eigenvalue weighted by Crippen LogP contribution is -2.35. The molecule has 0 aliphatic rings. The fourth-order valence-corrected chi connectivity index (χ4v) is 3.33. The second-order valence-electron chi connectivity index (χ2n) is 7.03. The van der Waals surface area contributed by atoms with Crippen molar-refractivity contribution < 1.29 is 22.7 Å². The number of carbonyl (C=O) groups is 1. The van der Waals surface area contributed by atoms with Crippen molar-refractivity contribution in [3.8, 4) is 5.75 Å². The van der Waals surface area contributed by atoms with E-state index in [0.29, 0.717) is 27.9 Å². The topological polar surface area (TPSA) is 89.0 Å². The number of urea groups is 1. The number of aromatic nitrogens is 3. The number of pyridine rings is 3. The molecule has 7 nitrogen and oxygen atoms in total. The van der Waals surface area contributed by atoms with Crippen molar-refractivity contribution in [2.75, 3.05) is 12.4 Å². The SMILES string of the molecule is COc1ccc2cc(C(NC(=O)Nc3cccnc3)c3ncccc3C(F)(F)F)cnc2c1. The molecular formula is C23H18F3N5O2. The molecule has 4 aromatic rings. The molecule has 10 heteroatoms. The minimum atomic E-state index is -4.67. The average Bonchev–Trinajstić information content (AvgIpc) is 2.82. The summed E-state index contributed by atoms with van der Waals surface area (Å²) in [4.78, 5) is 24.9. The normalized spacial score (nSPS) is 12.2. The molecule has 4 rings (SSSR count). The third-order valence-electron chi connectivity index (χ3n) is 4.86. The van der Waals surface area contributed by atoms with Crippen LogP contribution in [0.1, 0.15) is 22.9 Å². The van der Waals surface area contributed by atoms with Gasteiger partial charge in [-0.2, -0.15) is 13.2 Å². The van der Waals surface area contributed by atoms with Gasteiger partial charge in [0.15, 0.2) is 0 Å². The smallest absolute Gasteiger partial charge is 0.418 e. The summed E-state index contributed by atoms with van der Waals surface area (Å²) in [6.07, 6.45) is 0.941. The average molecular weight is 453 g/mol. The largest absolute Gasteiger partial charge is 0.497 e. The predicted molar refractivity (Wildman–Crippen MR) is 116 cm³/mol. The van der Waals surface area contributed by atoms with Crippen molar-refractivity contribution in [1.82, 2.24) is 20.3 Å². The summed E-state index contributed by atoms with van der Waals surface area (Å²) in [7, 11) is 1.52. The van der Waals surface area contributed by atoms with Gasteiger partial charge >= 0.3 is 12.2 Å². The number of nitrogens with one attached hydrogen (secondary N) is 2. The van der Waals surface area contributed by atoms with Crippen LogP contribution in [0.3, 0.4) is 0 Å². The number of methoxy groups -OCH3 is 1. The Hall–Kier alpha value is -4.21. The van der Waals surface area contributed by atoms with Crippen molar-refractivity contribution >= 4 is 22.6 Å². The van der Waals surface area contributed by atoms with Crippen LogP contribution in [0.25, 0.3) is 10.9 Å². The van der Waals surface area contributed by atoms with Crippen LogP contribution in [0, 0.1) is 0 Å². The number of rotatable bonds is 5. The Morgan fingerprint density at radius 2 is 1.85 bits per heavy atom. The van der Waals surface area contributed by atoms with Gasteiger partial charge in [0.05, 0.1) is 35.8 Å². The Morgan fingerprint density at radius 1 is 1.03 bits per heavy atom. The molecule has 0 bridgehead atoms. The third-order valence-corrected chi connectivity index (χ3v) is 4.86. The molecule has 168 valence electrons. The second kappa shape index (κ2) is 9.11. The Morgan fingerprint density at radius 3 is 2.58 bits per heavy atom. The molecule has 33 heavy (non-hydrogen) atoms. The zero-order valence-corrected chi connectivity index (χ0v) is 17.3. The molecule has 0 saturated heterocycles. The monoisotopic (exact) mass is 453 g/mol. The standard InChI is InChI=1S/C23H18F3N5O2/c1-33-17-7-6-14-10-15(12-29-19(14)11-17)20(21-18(23(24,25)26)5-3-9-28-21)31-22(32)30-16-4-2-8-27-13-16/h2-13,20H,1H3,(H2,30,31,32). The zero-order chi connectivity index (χ0) is 23.4. The van der Waals surface area contributed by atoms with Crippen molar-refractivity contribution in [2.45, 2.75) is 12.2 Å². The fraction of sp³-hybridized carbons (Fsp3) is 0.130. The van der Waals surface area contributed by atoms with Gasteiger partial charge < -0.3 is 15.4 Å². The van der Waals surface area contributed by atoms with Crippen LogP contribution in [0.4, 0.5) is 23.7 Å². The van der Waals surface area contributed by atoms with E-state index < -0.39 is 23.8 Å². The molecule has 3 heterocycles. The molecule has 1 aromatic carbocycles. The van der Waals surface area contributed by atoms with Crippen LogP contribution in [0.15, 0.2) is 73.3 Å². The molecule has 1 atom stereocenters. The molecule has 0 spiro atoms. The van der Waals surface area contributed by atoms with E-state index in [1.165, 1.54) is 38.0 Å². The first-order chi connectivity index (χ1) is 15.8. The highest BCUT2D eigenvalue weighted by Crippen LogP contribution is 2.36. The molecular weight excluding hydrogens is 435 g/mol. The van der Waals surface area contributed by atoms with Crippen molar-refractivity contribution in [3.05, 3.63) is 90.1 Å². The Labute approximate surface area is 186 Å². The minimum Gasteiger partial charge on any atom is -0.497 e. The summed E-state index contributed by atoms with van der Waals surface area (Å²) < 4.78 is 46.4. The summed E-state index contributed by atoms with van der Waals surface area (Å²) in [5.41, 5.74) is 0.00832. The molecule has 1 unspecified atom stereocenters. The number of hydrogen-bond donors (Lipinski definition) is 2. The van der Waals surface area contributed by atoms with Crippen LogP contribution in [0.2, 0.25) is 0 Å². The van der Waals surface area contributed by atoms with Gasteiger partial charge in [-0.05, 0) is 48.0 Å². The summed E-state index contributed by atoms with van der Waals surface area (Å²) in [5, 5.41) is 5.82. The number of amides is 2. The Balaban J connectivity index is 1.76. The summed E-state index contributed by atoms with van der Waals surface area (Å²) in [6, 6.07) is 10.2. The van der Waals surface area contributed by atoms with Gasteiger partial charge in [0.25, 0.3) is 0 Å². The van der Waals surface area contributed by atoms with E-state index in [0.717, 1.165) is 6.07 Å². The Kier molecular flexibility index (Phi) is 6.07. The molecule has 2 N–H and O–H groups in total. The van der Waals surface area contributed by atoms with E-state index in [2.05, 4.69) is 25.6 Å². The highest BCUT2D eigenvalue weighted by molar-refractivity contribution is 5.89. The first-order valence-electron chi connectivity index (χ1n) is 9.78. The highest BCUT2D eigenvalue weighted by atomic mass is 19.4. The molecule has 0 radical (unpaired) electrons. The number of alkyl halides is 3. The lowest BCUT2D eigenvalue weighted by Gasteiger charge is -2.22. The van der Waals surface area contributed by atoms with Crippen LogP contribution in [-0.2, 0) is 6.18 Å². The molecule has 3 aromatic heterocycles. The van der Waals surface area contributed by atoms with Gasteiger partial charge in [0, 0.05) is 30.0 Å². The number of halogens is 3. The maximum absolute atomic E-state index is 13.7. The van der Waals surface area contributed by atoms with E-state index in [9.17, 15) is 18.0 Å². The zero-order valence-electron chi connectivity index (χ0n) is 17.3. The number of benzene rings is 1. The molecule has 0 fully saturated rings. The van der Waals surface area contributed by atoms with Crippen LogP contribution in [0.5, 0.6) is 5.75 Å². The minimum absolute atomic E-state index is 0.332. The molecule has 2 amide bonds. The van der Waals surface area contributed by atoms with Gasteiger partial charge in [-0.25, -0.2) is 4.79 Å². The lowest BCUT2D eigenvalue weighted by molar-refractivity contribution is -0.138. The van der Waals surface area contributed by atoms with E-state index in [1.54, 1.807) is 36.4 Å². The van der Waals surface area contributed by atoms with Crippen LogP contribution in [-0.4, -0.2) is 28.1 Å². The molecule has 0 aliphatic carbocycles.